The normalized spacial score (nSPS) is 16.8. The molecule has 0 unspecified atom stereocenters. The Balaban J connectivity index is 1.75. The van der Waals surface area contributed by atoms with Crippen molar-refractivity contribution in [1.82, 2.24) is 0 Å². The van der Waals surface area contributed by atoms with E-state index in [-0.39, 0.29) is 30.5 Å². The van der Waals surface area contributed by atoms with Crippen molar-refractivity contribution in [3.05, 3.63) is 47.5 Å². The highest BCUT2D eigenvalue weighted by Gasteiger charge is 2.36. The number of carbonyl (C=O) groups excluding carboxylic acids is 2. The van der Waals surface area contributed by atoms with Crippen molar-refractivity contribution in [3.63, 3.8) is 0 Å². The summed E-state index contributed by atoms with van der Waals surface area (Å²) in [6, 6.07) is 11.2. The third-order valence-electron chi connectivity index (χ3n) is 4.06. The number of halogens is 1. The first-order chi connectivity index (χ1) is 12.0. The molecule has 25 heavy (non-hydrogen) atoms. The Kier molecular flexibility index (Phi) is 4.81. The predicted octanol–water partition coefficient (Wildman–Crippen LogP) is 3.05. The summed E-state index contributed by atoms with van der Waals surface area (Å²) in [6.45, 7) is 0.249. The Morgan fingerprint density at radius 3 is 2.68 bits per heavy atom. The van der Waals surface area contributed by atoms with Crippen LogP contribution in [0.3, 0.4) is 0 Å². The molecule has 0 bridgehead atoms. The van der Waals surface area contributed by atoms with Crippen LogP contribution in [0, 0.1) is 5.92 Å². The summed E-state index contributed by atoms with van der Waals surface area (Å²) in [5.74, 6) is -0.246. The van der Waals surface area contributed by atoms with Crippen molar-refractivity contribution in [2.24, 2.45) is 5.92 Å². The first kappa shape index (κ1) is 17.1. The quantitative estimate of drug-likeness (QED) is 0.821. The van der Waals surface area contributed by atoms with Crippen LogP contribution in [-0.2, 0) is 9.59 Å². The highest BCUT2D eigenvalue weighted by molar-refractivity contribution is 6.31. The van der Waals surface area contributed by atoms with Crippen LogP contribution in [0.15, 0.2) is 42.5 Å². The van der Waals surface area contributed by atoms with Gasteiger partial charge in [-0.05, 0) is 42.5 Å². The fraction of sp³-hybridized carbons (Fsp3) is 0.222. The number of carbonyl (C=O) groups is 2. The van der Waals surface area contributed by atoms with Crippen molar-refractivity contribution in [1.29, 1.82) is 0 Å². The average molecular weight is 361 g/mol. The molecule has 0 saturated carbocycles. The number of aromatic hydroxyl groups is 1. The van der Waals surface area contributed by atoms with Crippen molar-refractivity contribution in [2.45, 2.75) is 6.42 Å². The number of hydrogen-bond acceptors (Lipinski definition) is 4. The van der Waals surface area contributed by atoms with Gasteiger partial charge in [-0.15, -0.1) is 0 Å². The van der Waals surface area contributed by atoms with E-state index in [4.69, 9.17) is 16.3 Å². The Morgan fingerprint density at radius 1 is 1.28 bits per heavy atom. The van der Waals surface area contributed by atoms with Crippen LogP contribution in [0.5, 0.6) is 11.5 Å². The highest BCUT2D eigenvalue weighted by Crippen LogP contribution is 2.35. The summed E-state index contributed by atoms with van der Waals surface area (Å²) in [4.78, 5) is 26.3. The molecule has 0 spiro atoms. The van der Waals surface area contributed by atoms with Crippen LogP contribution in [0.1, 0.15) is 6.42 Å². The molecule has 7 heteroatoms. The van der Waals surface area contributed by atoms with Gasteiger partial charge in [0.25, 0.3) is 0 Å². The van der Waals surface area contributed by atoms with E-state index in [9.17, 15) is 14.7 Å². The van der Waals surface area contributed by atoms with E-state index in [1.54, 1.807) is 30.3 Å². The lowest BCUT2D eigenvalue weighted by Crippen LogP contribution is -2.28. The number of hydrogen-bond donors (Lipinski definition) is 2. The molecule has 1 aliphatic heterocycles. The topological polar surface area (TPSA) is 78.9 Å². The van der Waals surface area contributed by atoms with Crippen molar-refractivity contribution >= 4 is 34.8 Å². The zero-order valence-corrected chi connectivity index (χ0v) is 14.3. The summed E-state index contributed by atoms with van der Waals surface area (Å²) in [5, 5.41) is 12.5. The predicted molar refractivity (Wildman–Crippen MR) is 95.2 cm³/mol. The largest absolute Gasteiger partial charge is 0.508 e. The molecule has 2 aromatic carbocycles. The highest BCUT2D eigenvalue weighted by atomic mass is 35.5. The molecular weight excluding hydrogens is 344 g/mol. The van der Waals surface area contributed by atoms with Gasteiger partial charge in [-0.3, -0.25) is 9.59 Å². The third-order valence-corrected chi connectivity index (χ3v) is 4.30. The van der Waals surface area contributed by atoms with Crippen LogP contribution in [-0.4, -0.2) is 30.6 Å². The molecule has 0 aliphatic carbocycles. The maximum absolute atomic E-state index is 12.4. The number of benzene rings is 2. The molecule has 0 aromatic heterocycles. The van der Waals surface area contributed by atoms with Gasteiger partial charge in [0.1, 0.15) is 11.5 Å². The van der Waals surface area contributed by atoms with Gasteiger partial charge in [0.15, 0.2) is 0 Å². The Labute approximate surface area is 150 Å². The Bertz CT molecular complexity index is 807. The van der Waals surface area contributed by atoms with Crippen LogP contribution in [0.4, 0.5) is 11.4 Å². The molecule has 1 aliphatic rings. The molecular formula is C18H17ClN2O4. The number of phenols is 1. The molecule has 2 N–H and O–H groups in total. The monoisotopic (exact) mass is 360 g/mol. The maximum atomic E-state index is 12.4. The fourth-order valence-corrected chi connectivity index (χ4v) is 2.95. The minimum Gasteiger partial charge on any atom is -0.508 e. The van der Waals surface area contributed by atoms with Gasteiger partial charge in [0.2, 0.25) is 11.8 Å². The molecule has 6 nitrogen and oxygen atoms in total. The van der Waals surface area contributed by atoms with E-state index in [2.05, 4.69) is 5.32 Å². The van der Waals surface area contributed by atoms with Gasteiger partial charge in [0.05, 0.1) is 18.7 Å². The van der Waals surface area contributed by atoms with Crippen LogP contribution < -0.4 is 15.0 Å². The summed E-state index contributed by atoms with van der Waals surface area (Å²) < 4.78 is 5.29. The van der Waals surface area contributed by atoms with E-state index in [0.717, 1.165) is 0 Å². The third kappa shape index (κ3) is 3.69. The maximum Gasteiger partial charge on any atom is 0.229 e. The van der Waals surface area contributed by atoms with Gasteiger partial charge >= 0.3 is 0 Å². The van der Waals surface area contributed by atoms with Gasteiger partial charge < -0.3 is 20.1 Å². The minimum atomic E-state index is -0.481. The van der Waals surface area contributed by atoms with Crippen molar-refractivity contribution < 1.29 is 19.4 Å². The molecule has 130 valence electrons. The van der Waals surface area contributed by atoms with Crippen molar-refractivity contribution in [3.8, 4) is 11.5 Å². The lowest BCUT2D eigenvalue weighted by atomic mass is 10.1. The summed E-state index contributed by atoms with van der Waals surface area (Å²) in [5.41, 5.74) is 1.12. The number of nitrogens with one attached hydrogen (secondary N) is 1. The van der Waals surface area contributed by atoms with Gasteiger partial charge in [0, 0.05) is 23.7 Å². The van der Waals surface area contributed by atoms with E-state index >= 15 is 0 Å². The van der Waals surface area contributed by atoms with Crippen LogP contribution in [0.25, 0.3) is 0 Å². The molecule has 3 rings (SSSR count). The van der Waals surface area contributed by atoms with Crippen LogP contribution in [0.2, 0.25) is 5.02 Å². The Hall–Kier alpha value is -2.73. The van der Waals surface area contributed by atoms with E-state index in [1.807, 2.05) is 0 Å². The van der Waals surface area contributed by atoms with E-state index < -0.39 is 5.92 Å². The first-order valence-electron chi connectivity index (χ1n) is 7.71. The number of phenolic OH excluding ortho intramolecular Hbond substituents is 1. The molecule has 0 radical (unpaired) electrons. The zero-order chi connectivity index (χ0) is 18.0. The molecule has 1 heterocycles. The zero-order valence-electron chi connectivity index (χ0n) is 13.5. The number of amides is 2. The first-order valence-corrected chi connectivity index (χ1v) is 8.09. The second kappa shape index (κ2) is 7.03. The lowest BCUT2D eigenvalue weighted by molar-refractivity contribution is -0.122. The second-order valence-corrected chi connectivity index (χ2v) is 6.19. The average Bonchev–Trinajstić information content (AvgIpc) is 2.98. The molecule has 1 saturated heterocycles. The number of methoxy groups -OCH3 is 1. The number of nitrogens with zero attached hydrogens (tertiary/aromatic N) is 1. The Morgan fingerprint density at radius 2 is 2.00 bits per heavy atom. The standard InChI is InChI=1S/C18H17ClN2O4/c1-25-16-7-2-12(19)9-15(16)21-10-11(8-17(21)23)18(24)20-13-3-5-14(22)6-4-13/h2-7,9,11,22H,8,10H2,1H3,(H,20,24)/t11-/m1/s1. The van der Waals surface area contributed by atoms with Crippen molar-refractivity contribution in [2.75, 3.05) is 23.9 Å². The number of rotatable bonds is 4. The molecule has 2 aromatic rings. The van der Waals surface area contributed by atoms with E-state index in [0.29, 0.717) is 22.1 Å². The molecule has 2 amide bonds. The number of ether oxygens (including phenoxy) is 1. The SMILES string of the molecule is COc1ccc(Cl)cc1N1C[C@H](C(=O)Nc2ccc(O)cc2)CC1=O. The van der Waals surface area contributed by atoms with Gasteiger partial charge in [-0.2, -0.15) is 0 Å². The van der Waals surface area contributed by atoms with E-state index in [1.165, 1.54) is 24.1 Å². The smallest absolute Gasteiger partial charge is 0.229 e. The molecule has 1 atom stereocenters. The summed E-state index contributed by atoms with van der Waals surface area (Å²) in [7, 11) is 1.52. The van der Waals surface area contributed by atoms with Crippen LogP contribution >= 0.6 is 11.6 Å². The van der Waals surface area contributed by atoms with Gasteiger partial charge in [-0.1, -0.05) is 11.6 Å². The number of anilines is 2. The summed E-state index contributed by atoms with van der Waals surface area (Å²) in [6.07, 6.45) is 0.111. The second-order valence-electron chi connectivity index (χ2n) is 5.76. The molecule has 1 fully saturated rings. The lowest BCUT2D eigenvalue weighted by Gasteiger charge is -2.19. The fourth-order valence-electron chi connectivity index (χ4n) is 2.78. The van der Waals surface area contributed by atoms with Gasteiger partial charge in [-0.25, -0.2) is 0 Å². The summed E-state index contributed by atoms with van der Waals surface area (Å²) >= 11 is 6.03. The minimum absolute atomic E-state index is 0.111.